The number of rotatable bonds is 0. The zero-order chi connectivity index (χ0) is 15.4. The summed E-state index contributed by atoms with van der Waals surface area (Å²) in [6.07, 6.45) is 0. The van der Waals surface area contributed by atoms with Gasteiger partial charge in [0, 0.05) is 27.7 Å². The molecular weight excluding hydrogens is 455 g/mol. The Balaban J connectivity index is -0.000000256. The van der Waals surface area contributed by atoms with Crippen LogP contribution in [0.25, 0.3) is 0 Å². The van der Waals surface area contributed by atoms with Crippen molar-refractivity contribution in [2.75, 3.05) is 0 Å². The summed E-state index contributed by atoms with van der Waals surface area (Å²) >= 11 is 0. The van der Waals surface area contributed by atoms with Crippen molar-refractivity contribution >= 4 is 17.2 Å². The van der Waals surface area contributed by atoms with Gasteiger partial charge in [0.05, 0.1) is 0 Å². The van der Waals surface area contributed by atoms with E-state index < -0.39 is 0 Å². The molecule has 3 heteroatoms. The summed E-state index contributed by atoms with van der Waals surface area (Å²) < 4.78 is 0. The van der Waals surface area contributed by atoms with Gasteiger partial charge in [0.1, 0.15) is 0 Å². The summed E-state index contributed by atoms with van der Waals surface area (Å²) in [5.74, 6) is 0. The molecule has 0 aromatic rings. The molecule has 114 valence electrons. The van der Waals surface area contributed by atoms with Crippen molar-refractivity contribution in [2.24, 2.45) is 0 Å². The van der Waals surface area contributed by atoms with Gasteiger partial charge in [-0.05, 0) is 20.6 Å². The summed E-state index contributed by atoms with van der Waals surface area (Å²) in [6.45, 7) is 27.6. The standard InChI is InChI=1S/2C8H19P.Hg/c2*1-7(2,3)9-8(4,5)6;/h2*9H,1-6H3;. The van der Waals surface area contributed by atoms with E-state index in [1.165, 1.54) is 0 Å². The van der Waals surface area contributed by atoms with Crippen LogP contribution in [0.15, 0.2) is 0 Å². The molecule has 0 aliphatic carbocycles. The molecule has 0 amide bonds. The van der Waals surface area contributed by atoms with Gasteiger partial charge >= 0.3 is 0 Å². The van der Waals surface area contributed by atoms with E-state index >= 15 is 0 Å². The Morgan fingerprint density at radius 1 is 0.368 bits per heavy atom. The van der Waals surface area contributed by atoms with E-state index in [4.69, 9.17) is 0 Å². The van der Waals surface area contributed by atoms with Crippen LogP contribution in [0.2, 0.25) is 0 Å². The maximum absolute atomic E-state index is 2.30. The average molecular weight is 493 g/mol. The van der Waals surface area contributed by atoms with Gasteiger partial charge in [-0.15, -0.1) is 17.2 Å². The summed E-state index contributed by atoms with van der Waals surface area (Å²) in [4.78, 5) is 0. The van der Waals surface area contributed by atoms with Gasteiger partial charge in [-0.1, -0.05) is 83.1 Å². The first-order valence-corrected chi connectivity index (χ1v) is 9.00. The average Bonchev–Trinajstić information content (AvgIpc) is 1.64. The molecule has 0 atom stereocenters. The predicted molar refractivity (Wildman–Crippen MR) is 95.6 cm³/mol. The van der Waals surface area contributed by atoms with Gasteiger partial charge in [0.15, 0.2) is 0 Å². The molecule has 0 N–H and O–H groups in total. The van der Waals surface area contributed by atoms with Crippen molar-refractivity contribution in [2.45, 2.75) is 104 Å². The zero-order valence-corrected chi connectivity index (χ0v) is 23.2. The first-order valence-electron chi connectivity index (χ1n) is 7.00. The predicted octanol–water partition coefficient (Wildman–Crippen LogP) is 6.52. The summed E-state index contributed by atoms with van der Waals surface area (Å²) in [5.41, 5.74) is 0. The van der Waals surface area contributed by atoms with Gasteiger partial charge < -0.3 is 0 Å². The van der Waals surface area contributed by atoms with Gasteiger partial charge in [-0.25, -0.2) is 0 Å². The minimum atomic E-state index is 0. The molecule has 0 heterocycles. The minimum absolute atomic E-state index is 0. The third kappa shape index (κ3) is 32.9. The van der Waals surface area contributed by atoms with Crippen LogP contribution >= 0.6 is 17.2 Å². The molecule has 0 unspecified atom stereocenters. The molecule has 0 nitrogen and oxygen atoms in total. The normalized spacial score (nSPS) is 13.3. The van der Waals surface area contributed by atoms with Crippen LogP contribution in [0.3, 0.4) is 0 Å². The smallest absolute Gasteiger partial charge is 0 e. The molecule has 0 saturated carbocycles. The maximum atomic E-state index is 2.30. The molecule has 0 rings (SSSR count). The quantitative estimate of drug-likeness (QED) is 0.267. The van der Waals surface area contributed by atoms with Crippen molar-refractivity contribution in [3.63, 3.8) is 0 Å². The van der Waals surface area contributed by atoms with Crippen LogP contribution in [0.1, 0.15) is 83.1 Å². The van der Waals surface area contributed by atoms with Crippen LogP contribution < -0.4 is 0 Å². The van der Waals surface area contributed by atoms with E-state index in [0.29, 0.717) is 20.6 Å². The molecular formula is C16H38HgP2. The van der Waals surface area contributed by atoms with Crippen LogP contribution in [-0.4, -0.2) is 20.6 Å². The monoisotopic (exact) mass is 494 g/mol. The first-order chi connectivity index (χ1) is 7.41. The van der Waals surface area contributed by atoms with E-state index in [-0.39, 0.29) is 27.7 Å². The minimum Gasteiger partial charge on any atom is -0.111 e. The van der Waals surface area contributed by atoms with Gasteiger partial charge in [-0.3, -0.25) is 0 Å². The number of hydrogen-bond acceptors (Lipinski definition) is 0. The third-order valence-corrected chi connectivity index (χ3v) is 4.50. The number of hydrogen-bond donors (Lipinski definition) is 0. The van der Waals surface area contributed by atoms with E-state index in [0.717, 1.165) is 17.2 Å². The van der Waals surface area contributed by atoms with E-state index in [2.05, 4.69) is 83.1 Å². The SMILES string of the molecule is CC(C)(C)PC(C)(C)C.CC(C)(C)PC(C)(C)C.[Hg]. The van der Waals surface area contributed by atoms with Gasteiger partial charge in [0.25, 0.3) is 0 Å². The van der Waals surface area contributed by atoms with Gasteiger partial charge in [-0.2, -0.15) is 0 Å². The zero-order valence-electron chi connectivity index (χ0n) is 15.7. The Morgan fingerprint density at radius 3 is 0.474 bits per heavy atom. The van der Waals surface area contributed by atoms with Crippen molar-refractivity contribution in [3.8, 4) is 0 Å². The molecule has 0 aromatic heterocycles. The van der Waals surface area contributed by atoms with Crippen LogP contribution in [-0.2, 0) is 27.7 Å². The third-order valence-electron chi connectivity index (χ3n) is 1.50. The van der Waals surface area contributed by atoms with Crippen molar-refractivity contribution in [1.29, 1.82) is 0 Å². The van der Waals surface area contributed by atoms with Crippen molar-refractivity contribution < 1.29 is 27.7 Å². The summed E-state index contributed by atoms with van der Waals surface area (Å²) in [6, 6.07) is 0. The van der Waals surface area contributed by atoms with E-state index in [1.807, 2.05) is 0 Å². The second-order valence-corrected chi connectivity index (χ2v) is 15.8. The second-order valence-electron chi connectivity index (χ2n) is 9.25. The Labute approximate surface area is 148 Å². The van der Waals surface area contributed by atoms with Crippen LogP contribution in [0, 0.1) is 0 Å². The summed E-state index contributed by atoms with van der Waals surface area (Å²) in [5, 5.41) is 2.05. The molecule has 0 radical (unpaired) electrons. The summed E-state index contributed by atoms with van der Waals surface area (Å²) in [7, 11) is 2.10. The molecule has 0 aliphatic heterocycles. The van der Waals surface area contributed by atoms with E-state index in [1.54, 1.807) is 0 Å². The Bertz CT molecular complexity index is 171. The molecule has 0 bridgehead atoms. The Morgan fingerprint density at radius 2 is 0.474 bits per heavy atom. The fraction of sp³-hybridized carbons (Fsp3) is 1.00. The molecule has 0 spiro atoms. The Kier molecular flexibility index (Phi) is 12.3. The fourth-order valence-corrected chi connectivity index (χ4v) is 6.75. The van der Waals surface area contributed by atoms with Crippen molar-refractivity contribution in [1.82, 2.24) is 0 Å². The Hall–Kier alpha value is 1.80. The van der Waals surface area contributed by atoms with Crippen molar-refractivity contribution in [3.05, 3.63) is 0 Å². The molecule has 0 fully saturated rings. The van der Waals surface area contributed by atoms with E-state index in [9.17, 15) is 0 Å². The molecule has 0 saturated heterocycles. The van der Waals surface area contributed by atoms with Crippen LogP contribution in [0.5, 0.6) is 0 Å². The molecule has 0 aromatic carbocycles. The topological polar surface area (TPSA) is 0 Å². The second kappa shape index (κ2) is 9.05. The van der Waals surface area contributed by atoms with Crippen LogP contribution in [0.4, 0.5) is 0 Å². The first kappa shape index (κ1) is 25.7. The largest absolute Gasteiger partial charge is 0.111 e. The molecule has 0 aliphatic rings. The molecule has 19 heavy (non-hydrogen) atoms. The fourth-order valence-electron chi connectivity index (χ4n) is 2.25. The van der Waals surface area contributed by atoms with Gasteiger partial charge in [0.2, 0.25) is 0 Å². The maximum Gasteiger partial charge on any atom is 0 e.